The Morgan fingerprint density at radius 1 is 0.839 bits per heavy atom. The first kappa shape index (κ1) is 22.5. The molecular formula is C24H20ClN3O2S. The molecule has 0 atom stereocenters. The fourth-order valence-corrected chi connectivity index (χ4v) is 4.92. The lowest BCUT2D eigenvalue weighted by Gasteiger charge is -2.22. The number of sulfonamides is 1. The zero-order valence-corrected chi connectivity index (χ0v) is 18.3. The molecule has 0 aliphatic rings. The van der Waals surface area contributed by atoms with Gasteiger partial charge >= 0.3 is 0 Å². The van der Waals surface area contributed by atoms with Crippen molar-refractivity contribution in [3.05, 3.63) is 100 Å². The zero-order chi connectivity index (χ0) is 22.3. The standard InChI is InChI=1S/C24H20ClN3O2S/c25-23-4-1-5-24(15-23)31(29,30)28(18-22-12-10-21(17-27)11-13-22)14-2-3-19-6-8-20(16-26)9-7-19/h1,4-13,15H,2-3,14,18H2. The average Bonchev–Trinajstić information content (AvgIpc) is 2.79. The van der Waals surface area contributed by atoms with Gasteiger partial charge in [0.2, 0.25) is 10.0 Å². The summed E-state index contributed by atoms with van der Waals surface area (Å²) >= 11 is 6.02. The molecule has 0 aliphatic carbocycles. The number of aryl methyl sites for hydroxylation is 1. The SMILES string of the molecule is N#Cc1ccc(CCCN(Cc2ccc(C#N)cc2)S(=O)(=O)c2cccc(Cl)c2)cc1. The predicted molar refractivity (Wildman–Crippen MR) is 120 cm³/mol. The molecule has 0 unspecified atom stereocenters. The lowest BCUT2D eigenvalue weighted by atomic mass is 10.1. The molecule has 0 aliphatic heterocycles. The highest BCUT2D eigenvalue weighted by atomic mass is 35.5. The second-order valence-electron chi connectivity index (χ2n) is 7.02. The highest BCUT2D eigenvalue weighted by Crippen LogP contribution is 2.22. The molecule has 0 bridgehead atoms. The van der Waals surface area contributed by atoms with Crippen LogP contribution in [0.5, 0.6) is 0 Å². The lowest BCUT2D eigenvalue weighted by molar-refractivity contribution is 0.399. The Kier molecular flexibility index (Phi) is 7.44. The molecule has 0 radical (unpaired) electrons. The van der Waals surface area contributed by atoms with E-state index in [0.717, 1.165) is 11.1 Å². The van der Waals surface area contributed by atoms with Gasteiger partial charge in [-0.3, -0.25) is 0 Å². The molecule has 156 valence electrons. The largest absolute Gasteiger partial charge is 0.243 e. The topological polar surface area (TPSA) is 85.0 Å². The third-order valence-electron chi connectivity index (χ3n) is 4.83. The Morgan fingerprint density at radius 3 is 1.97 bits per heavy atom. The Bertz CT molecular complexity index is 1230. The van der Waals surface area contributed by atoms with Crippen LogP contribution in [0.4, 0.5) is 0 Å². The first-order valence-electron chi connectivity index (χ1n) is 9.66. The Balaban J connectivity index is 1.80. The molecule has 0 saturated carbocycles. The van der Waals surface area contributed by atoms with Crippen molar-refractivity contribution in [1.82, 2.24) is 4.31 Å². The number of benzene rings is 3. The predicted octanol–water partition coefficient (Wildman–Crippen LogP) is 4.91. The molecule has 0 spiro atoms. The van der Waals surface area contributed by atoms with Crippen LogP contribution >= 0.6 is 11.6 Å². The maximum atomic E-state index is 13.3. The minimum atomic E-state index is -3.76. The Morgan fingerprint density at radius 2 is 1.42 bits per heavy atom. The van der Waals surface area contributed by atoms with E-state index < -0.39 is 10.0 Å². The third-order valence-corrected chi connectivity index (χ3v) is 6.91. The van der Waals surface area contributed by atoms with E-state index in [4.69, 9.17) is 22.1 Å². The summed E-state index contributed by atoms with van der Waals surface area (Å²) in [4.78, 5) is 0.145. The summed E-state index contributed by atoms with van der Waals surface area (Å²) < 4.78 is 28.1. The maximum Gasteiger partial charge on any atom is 0.243 e. The van der Waals surface area contributed by atoms with Crippen LogP contribution in [0.25, 0.3) is 0 Å². The minimum Gasteiger partial charge on any atom is -0.207 e. The van der Waals surface area contributed by atoms with E-state index >= 15 is 0 Å². The molecule has 0 fully saturated rings. The number of hydrogen-bond acceptors (Lipinski definition) is 4. The zero-order valence-electron chi connectivity index (χ0n) is 16.7. The fourth-order valence-electron chi connectivity index (χ4n) is 3.15. The van der Waals surface area contributed by atoms with Crippen molar-refractivity contribution >= 4 is 21.6 Å². The van der Waals surface area contributed by atoms with Crippen molar-refractivity contribution in [2.24, 2.45) is 0 Å². The first-order chi connectivity index (χ1) is 14.9. The quantitative estimate of drug-likeness (QED) is 0.489. The molecule has 3 rings (SSSR count). The highest BCUT2D eigenvalue weighted by Gasteiger charge is 2.24. The molecule has 3 aromatic carbocycles. The van der Waals surface area contributed by atoms with Crippen LogP contribution < -0.4 is 0 Å². The van der Waals surface area contributed by atoms with Gasteiger partial charge in [-0.05, 0) is 66.4 Å². The van der Waals surface area contributed by atoms with Crippen LogP contribution in [0, 0.1) is 22.7 Å². The van der Waals surface area contributed by atoms with Gasteiger partial charge in [-0.2, -0.15) is 14.8 Å². The van der Waals surface area contributed by atoms with Crippen molar-refractivity contribution in [2.45, 2.75) is 24.3 Å². The molecule has 3 aromatic rings. The summed E-state index contributed by atoms with van der Waals surface area (Å²) in [5.74, 6) is 0. The van der Waals surface area contributed by atoms with Gasteiger partial charge in [-0.25, -0.2) is 8.42 Å². The number of hydrogen-bond donors (Lipinski definition) is 0. The number of rotatable bonds is 8. The minimum absolute atomic E-state index is 0.145. The van der Waals surface area contributed by atoms with Crippen molar-refractivity contribution in [3.63, 3.8) is 0 Å². The molecule has 7 heteroatoms. The molecule has 5 nitrogen and oxygen atoms in total. The Hall–Kier alpha value is -3.16. The normalized spacial score (nSPS) is 11.1. The number of nitriles is 2. The molecule has 0 N–H and O–H groups in total. The van der Waals surface area contributed by atoms with E-state index in [1.807, 2.05) is 12.1 Å². The van der Waals surface area contributed by atoms with Crippen molar-refractivity contribution in [1.29, 1.82) is 10.5 Å². The average molecular weight is 450 g/mol. The van der Waals surface area contributed by atoms with Crippen LogP contribution in [0.15, 0.2) is 77.7 Å². The summed E-state index contributed by atoms with van der Waals surface area (Å²) in [6.45, 7) is 0.503. The van der Waals surface area contributed by atoms with Crippen LogP contribution in [0.3, 0.4) is 0 Å². The Labute approximate surface area is 187 Å². The van der Waals surface area contributed by atoms with Gasteiger partial charge in [0.15, 0.2) is 0 Å². The van der Waals surface area contributed by atoms with Crippen molar-refractivity contribution in [2.75, 3.05) is 6.54 Å². The van der Waals surface area contributed by atoms with Gasteiger partial charge < -0.3 is 0 Å². The molecule has 0 aromatic heterocycles. The lowest BCUT2D eigenvalue weighted by Crippen LogP contribution is -2.32. The van der Waals surface area contributed by atoms with E-state index in [9.17, 15) is 8.42 Å². The first-order valence-corrected chi connectivity index (χ1v) is 11.5. The third kappa shape index (κ3) is 5.93. The van der Waals surface area contributed by atoms with Gasteiger partial charge in [0.05, 0.1) is 28.2 Å². The molecule has 0 heterocycles. The van der Waals surface area contributed by atoms with Crippen LogP contribution in [-0.4, -0.2) is 19.3 Å². The highest BCUT2D eigenvalue weighted by molar-refractivity contribution is 7.89. The number of halogens is 1. The summed E-state index contributed by atoms with van der Waals surface area (Å²) in [6.07, 6.45) is 1.29. The molecule has 31 heavy (non-hydrogen) atoms. The van der Waals surface area contributed by atoms with Gasteiger partial charge in [-0.15, -0.1) is 0 Å². The molecule has 0 amide bonds. The monoisotopic (exact) mass is 449 g/mol. The summed E-state index contributed by atoms with van der Waals surface area (Å²) in [7, 11) is -3.76. The van der Waals surface area contributed by atoms with Crippen LogP contribution in [0.2, 0.25) is 5.02 Å². The molecular weight excluding hydrogens is 430 g/mol. The van der Waals surface area contributed by atoms with E-state index in [0.29, 0.717) is 35.5 Å². The summed E-state index contributed by atoms with van der Waals surface area (Å²) in [5.41, 5.74) is 2.95. The van der Waals surface area contributed by atoms with Crippen LogP contribution in [-0.2, 0) is 23.0 Å². The fraction of sp³-hybridized carbons (Fsp3) is 0.167. The van der Waals surface area contributed by atoms with Crippen molar-refractivity contribution < 1.29 is 8.42 Å². The van der Waals surface area contributed by atoms with E-state index in [-0.39, 0.29) is 11.4 Å². The van der Waals surface area contributed by atoms with Gasteiger partial charge in [-0.1, -0.05) is 41.9 Å². The van der Waals surface area contributed by atoms with E-state index in [1.165, 1.54) is 16.4 Å². The smallest absolute Gasteiger partial charge is 0.207 e. The van der Waals surface area contributed by atoms with Gasteiger partial charge in [0.25, 0.3) is 0 Å². The summed E-state index contributed by atoms with van der Waals surface area (Å²) in [6, 6.07) is 24.5. The maximum absolute atomic E-state index is 13.3. The second kappa shape index (κ2) is 10.2. The van der Waals surface area contributed by atoms with Crippen molar-refractivity contribution in [3.8, 4) is 12.1 Å². The number of nitrogens with zero attached hydrogens (tertiary/aromatic N) is 3. The molecule has 0 saturated heterocycles. The van der Waals surface area contributed by atoms with E-state index in [2.05, 4.69) is 12.1 Å². The van der Waals surface area contributed by atoms with Crippen LogP contribution in [0.1, 0.15) is 28.7 Å². The second-order valence-corrected chi connectivity index (χ2v) is 9.39. The van der Waals surface area contributed by atoms with Gasteiger partial charge in [0.1, 0.15) is 0 Å². The summed E-state index contributed by atoms with van der Waals surface area (Å²) in [5, 5.41) is 18.3. The van der Waals surface area contributed by atoms with E-state index in [1.54, 1.807) is 48.5 Å². The van der Waals surface area contributed by atoms with Gasteiger partial charge in [0, 0.05) is 18.1 Å².